The molecule has 0 spiro atoms. The van der Waals surface area contributed by atoms with E-state index in [1.54, 1.807) is 21.3 Å². The average Bonchev–Trinajstić information content (AvgIpc) is 3.65. The fraction of sp³-hybridized carbons (Fsp3) is 0.459. The summed E-state index contributed by atoms with van der Waals surface area (Å²) >= 11 is 0. The summed E-state index contributed by atoms with van der Waals surface area (Å²) in [5, 5.41) is 3.59. The molecule has 1 atom stereocenters. The highest BCUT2D eigenvalue weighted by Gasteiger charge is 2.46. The standard InChI is InChI=1S/C36H44FN5O4.CH4O3S/c1-44-31-21-26(22-32(45-2)33(31)46-3)24-42-20-16-36(34(42)43,23-25-9-11-27(37)12-10-25)15-6-17-41-18-13-28(14-19-41)38-35-39-29-7-4-5-8-30(29)40-35;1-5(2,3)4/h4-5,7-12,21-22,28H,6,13-20,23-24H2,1-3H3,(H2,38,39,40);1H3,(H,2,3,4). The summed E-state index contributed by atoms with van der Waals surface area (Å²) in [6.45, 7) is 4.07. The number of hydrogen-bond acceptors (Lipinski definition) is 9. The number of piperidine rings is 1. The lowest BCUT2D eigenvalue weighted by molar-refractivity contribution is -0.137. The Balaban J connectivity index is 0.000000943. The van der Waals surface area contributed by atoms with Crippen molar-refractivity contribution >= 4 is 33.0 Å². The number of amides is 1. The summed E-state index contributed by atoms with van der Waals surface area (Å²) in [4.78, 5) is 26.7. The number of halogens is 1. The van der Waals surface area contributed by atoms with Crippen molar-refractivity contribution in [2.45, 2.75) is 51.1 Å². The molecule has 3 aromatic carbocycles. The van der Waals surface area contributed by atoms with E-state index >= 15 is 0 Å². The molecule has 3 N–H and O–H groups in total. The van der Waals surface area contributed by atoms with Crippen LogP contribution in [0.3, 0.4) is 0 Å². The first-order chi connectivity index (χ1) is 24.4. The van der Waals surface area contributed by atoms with Crippen LogP contribution >= 0.6 is 0 Å². The van der Waals surface area contributed by atoms with Gasteiger partial charge in [-0.1, -0.05) is 24.3 Å². The Morgan fingerprint density at radius 1 is 0.980 bits per heavy atom. The van der Waals surface area contributed by atoms with Crippen molar-refractivity contribution in [3.63, 3.8) is 0 Å². The maximum atomic E-state index is 14.2. The summed E-state index contributed by atoms with van der Waals surface area (Å²) in [5.74, 6) is 2.38. The van der Waals surface area contributed by atoms with Crippen molar-refractivity contribution in [3.8, 4) is 17.2 Å². The first-order valence-corrected chi connectivity index (χ1v) is 18.9. The second-order valence-corrected chi connectivity index (χ2v) is 14.8. The van der Waals surface area contributed by atoms with Crippen LogP contribution in [0, 0.1) is 11.2 Å². The minimum atomic E-state index is -3.67. The Kier molecular flexibility index (Phi) is 12.4. The van der Waals surface area contributed by atoms with Crippen LogP contribution in [0.5, 0.6) is 17.2 Å². The Morgan fingerprint density at radius 2 is 1.63 bits per heavy atom. The third-order valence-corrected chi connectivity index (χ3v) is 9.60. The number of fused-ring (bicyclic) bond motifs is 1. The molecule has 4 aromatic rings. The molecule has 12 nitrogen and oxygen atoms in total. The first kappa shape index (κ1) is 37.8. The number of hydrogen-bond donors (Lipinski definition) is 3. The zero-order valence-electron chi connectivity index (χ0n) is 29.7. The lowest BCUT2D eigenvalue weighted by Crippen LogP contribution is -2.40. The fourth-order valence-electron chi connectivity index (χ4n) is 7.12. The molecule has 14 heteroatoms. The topological polar surface area (TPSA) is 146 Å². The minimum absolute atomic E-state index is 0.152. The zero-order valence-corrected chi connectivity index (χ0v) is 30.5. The van der Waals surface area contributed by atoms with Crippen LogP contribution in [0.15, 0.2) is 60.7 Å². The molecule has 276 valence electrons. The predicted octanol–water partition coefficient (Wildman–Crippen LogP) is 5.55. The zero-order chi connectivity index (χ0) is 36.6. The number of carbonyl (C=O) groups is 1. The van der Waals surface area contributed by atoms with Gasteiger partial charge in [0.25, 0.3) is 10.1 Å². The number of imidazole rings is 1. The van der Waals surface area contributed by atoms with Crippen molar-refractivity contribution in [1.82, 2.24) is 19.8 Å². The number of H-pyrrole nitrogens is 1. The van der Waals surface area contributed by atoms with Gasteiger partial charge in [-0.25, -0.2) is 9.37 Å². The fourth-order valence-corrected chi connectivity index (χ4v) is 7.12. The van der Waals surface area contributed by atoms with Crippen LogP contribution in [-0.4, -0.2) is 98.5 Å². The number of likely N-dealkylation sites (tertiary alicyclic amines) is 2. The van der Waals surface area contributed by atoms with Gasteiger partial charge in [-0.2, -0.15) is 8.42 Å². The number of anilines is 1. The number of nitrogens with one attached hydrogen (secondary N) is 2. The molecule has 2 aliphatic rings. The summed E-state index contributed by atoms with van der Waals surface area (Å²) in [6, 6.07) is 18.9. The van der Waals surface area contributed by atoms with E-state index in [9.17, 15) is 17.6 Å². The van der Waals surface area contributed by atoms with Crippen molar-refractivity contribution in [2.75, 3.05) is 59.1 Å². The summed E-state index contributed by atoms with van der Waals surface area (Å²) < 4.78 is 56.2. The molecule has 0 bridgehead atoms. The third-order valence-electron chi connectivity index (χ3n) is 9.60. The summed E-state index contributed by atoms with van der Waals surface area (Å²) in [7, 11) is 1.10. The van der Waals surface area contributed by atoms with Crippen molar-refractivity contribution in [2.24, 2.45) is 5.41 Å². The molecule has 0 radical (unpaired) electrons. The number of ether oxygens (including phenoxy) is 3. The second-order valence-electron chi connectivity index (χ2n) is 13.3. The van der Waals surface area contributed by atoms with Crippen LogP contribution in [0.2, 0.25) is 0 Å². The van der Waals surface area contributed by atoms with E-state index in [-0.39, 0.29) is 11.7 Å². The Labute approximate surface area is 299 Å². The lowest BCUT2D eigenvalue weighted by atomic mass is 9.76. The predicted molar refractivity (Wildman–Crippen MR) is 195 cm³/mol. The number of nitrogens with zero attached hydrogens (tertiary/aromatic N) is 3. The maximum absolute atomic E-state index is 14.2. The van der Waals surface area contributed by atoms with Crippen molar-refractivity contribution in [3.05, 3.63) is 77.6 Å². The molecule has 2 saturated heterocycles. The quantitative estimate of drug-likeness (QED) is 0.150. The highest BCUT2D eigenvalue weighted by atomic mass is 32.2. The number of methoxy groups -OCH3 is 3. The number of aromatic amines is 1. The van der Waals surface area contributed by atoms with Crippen molar-refractivity contribution in [1.29, 1.82) is 0 Å². The molecule has 1 aromatic heterocycles. The SMILES string of the molecule is COc1cc(CN2CCC(CCCN3CCC(Nc4nc5ccccc5[nH]4)CC3)(Cc3ccc(F)cc3)C2=O)cc(OC)c1OC.CS(=O)(=O)O. The molecule has 2 aliphatic heterocycles. The van der Waals surface area contributed by atoms with Crippen LogP contribution in [0.25, 0.3) is 11.0 Å². The molecule has 3 heterocycles. The normalized spacial score (nSPS) is 18.4. The molecule has 6 rings (SSSR count). The molecule has 0 saturated carbocycles. The number of benzene rings is 3. The van der Waals surface area contributed by atoms with Crippen LogP contribution in [0.1, 0.15) is 43.2 Å². The van der Waals surface area contributed by atoms with E-state index in [1.165, 1.54) is 12.1 Å². The van der Waals surface area contributed by atoms with Gasteiger partial charge in [0.1, 0.15) is 5.82 Å². The Morgan fingerprint density at radius 3 is 2.24 bits per heavy atom. The number of rotatable bonds is 13. The molecule has 1 amide bonds. The largest absolute Gasteiger partial charge is 0.493 e. The Bertz CT molecular complexity index is 1810. The maximum Gasteiger partial charge on any atom is 0.261 e. The number of carbonyl (C=O) groups excluding carboxylic acids is 1. The first-order valence-electron chi connectivity index (χ1n) is 17.1. The lowest BCUT2D eigenvalue weighted by Gasteiger charge is -2.34. The highest BCUT2D eigenvalue weighted by Crippen LogP contribution is 2.42. The average molecular weight is 726 g/mol. The van der Waals surface area contributed by atoms with Gasteiger partial charge in [-0.05, 0) is 92.6 Å². The van der Waals surface area contributed by atoms with E-state index in [1.807, 2.05) is 53.4 Å². The van der Waals surface area contributed by atoms with Gasteiger partial charge in [-0.15, -0.1) is 0 Å². The number of para-hydroxylation sites is 2. The van der Waals surface area contributed by atoms with Gasteiger partial charge in [0.05, 0.1) is 44.0 Å². The summed E-state index contributed by atoms with van der Waals surface area (Å²) in [5.41, 5.74) is 3.39. The van der Waals surface area contributed by atoms with Gasteiger partial charge >= 0.3 is 0 Å². The monoisotopic (exact) mass is 725 g/mol. The molecule has 51 heavy (non-hydrogen) atoms. The van der Waals surface area contributed by atoms with Gasteiger partial charge in [0, 0.05) is 32.2 Å². The second kappa shape index (κ2) is 16.7. The number of aromatic nitrogens is 2. The van der Waals surface area contributed by atoms with E-state index in [0.29, 0.717) is 49.1 Å². The van der Waals surface area contributed by atoms with Gasteiger partial charge in [-0.3, -0.25) is 9.35 Å². The third kappa shape index (κ3) is 10.1. The van der Waals surface area contributed by atoms with Crippen LogP contribution < -0.4 is 19.5 Å². The van der Waals surface area contributed by atoms with Gasteiger partial charge < -0.3 is 34.3 Å². The molecular weight excluding hydrogens is 678 g/mol. The van der Waals surface area contributed by atoms with E-state index in [2.05, 4.69) is 20.2 Å². The minimum Gasteiger partial charge on any atom is -0.493 e. The van der Waals surface area contributed by atoms with E-state index in [4.69, 9.17) is 18.8 Å². The van der Waals surface area contributed by atoms with E-state index in [0.717, 1.165) is 79.8 Å². The van der Waals surface area contributed by atoms with Gasteiger partial charge in [0.15, 0.2) is 11.5 Å². The van der Waals surface area contributed by atoms with Crippen LogP contribution in [-0.2, 0) is 27.9 Å². The summed E-state index contributed by atoms with van der Waals surface area (Å²) in [6.07, 6.45) is 5.86. The highest BCUT2D eigenvalue weighted by molar-refractivity contribution is 7.85. The Hall–Kier alpha value is -4.40. The smallest absolute Gasteiger partial charge is 0.261 e. The molecule has 0 aliphatic carbocycles. The molecular formula is C37H48FN5O7S. The molecule has 2 fully saturated rings. The van der Waals surface area contributed by atoms with Gasteiger partial charge in [0.2, 0.25) is 17.6 Å². The van der Waals surface area contributed by atoms with E-state index < -0.39 is 15.5 Å². The molecule has 1 unspecified atom stereocenters. The van der Waals surface area contributed by atoms with Crippen molar-refractivity contribution < 1.29 is 36.4 Å². The van der Waals surface area contributed by atoms with Crippen LogP contribution in [0.4, 0.5) is 10.3 Å².